The molecule has 98 valence electrons. The van der Waals surface area contributed by atoms with Crippen LogP contribution in [0.3, 0.4) is 0 Å². The Hall–Kier alpha value is -1.01. The zero-order valence-corrected chi connectivity index (χ0v) is 10.7. The number of ketones is 1. The van der Waals surface area contributed by atoms with Crippen LogP contribution in [-0.4, -0.2) is 25.7 Å². The lowest BCUT2D eigenvalue weighted by molar-refractivity contribution is 0.0933. The van der Waals surface area contributed by atoms with E-state index in [2.05, 4.69) is 0 Å². The van der Waals surface area contributed by atoms with Crippen molar-refractivity contribution in [3.8, 4) is 0 Å². The summed E-state index contributed by atoms with van der Waals surface area (Å²) in [5, 5.41) is -0.205. The van der Waals surface area contributed by atoms with Gasteiger partial charge in [-0.2, -0.15) is 0 Å². The number of carbonyl (C=O) groups excluding carboxylic acids is 1. The molecule has 2 rings (SSSR count). The Kier molecular flexibility index (Phi) is 3.42. The van der Waals surface area contributed by atoms with Crippen LogP contribution in [0.15, 0.2) is 12.1 Å². The van der Waals surface area contributed by atoms with Crippen LogP contribution in [0.2, 0.25) is 5.02 Å². The molecule has 0 saturated carbocycles. The summed E-state index contributed by atoms with van der Waals surface area (Å²) in [5.41, 5.74) is -0.169. The average molecular weight is 295 g/mol. The largest absolute Gasteiger partial charge is 0.294 e. The van der Waals surface area contributed by atoms with E-state index >= 15 is 0 Å². The highest BCUT2D eigenvalue weighted by molar-refractivity contribution is 7.91. The van der Waals surface area contributed by atoms with Crippen molar-refractivity contribution in [1.82, 2.24) is 0 Å². The van der Waals surface area contributed by atoms with Crippen LogP contribution in [0.1, 0.15) is 16.8 Å². The second-order valence-electron chi connectivity index (χ2n) is 4.21. The predicted octanol–water partition coefficient (Wildman–Crippen LogP) is 2.24. The van der Waals surface area contributed by atoms with Crippen LogP contribution >= 0.6 is 11.6 Å². The van der Waals surface area contributed by atoms with Gasteiger partial charge >= 0.3 is 0 Å². The van der Waals surface area contributed by atoms with Gasteiger partial charge < -0.3 is 0 Å². The van der Waals surface area contributed by atoms with Crippen LogP contribution in [0.4, 0.5) is 8.78 Å². The lowest BCUT2D eigenvalue weighted by Crippen LogP contribution is -2.17. The highest BCUT2D eigenvalue weighted by atomic mass is 35.5. The van der Waals surface area contributed by atoms with Gasteiger partial charge in [-0.1, -0.05) is 11.6 Å². The van der Waals surface area contributed by atoms with Gasteiger partial charge in [-0.15, -0.1) is 0 Å². The smallest absolute Gasteiger partial charge is 0.168 e. The van der Waals surface area contributed by atoms with Crippen LogP contribution in [0.25, 0.3) is 0 Å². The van der Waals surface area contributed by atoms with Gasteiger partial charge in [0, 0.05) is 11.5 Å². The number of hydrogen-bond donors (Lipinski definition) is 0. The minimum Gasteiger partial charge on any atom is -0.294 e. The maximum Gasteiger partial charge on any atom is 0.168 e. The number of Topliss-reactive ketones (excluding diaryl/α,β-unsaturated/α-hetero) is 1. The van der Waals surface area contributed by atoms with Crippen molar-refractivity contribution in [3.63, 3.8) is 0 Å². The number of rotatable bonds is 2. The molecule has 1 unspecified atom stereocenters. The van der Waals surface area contributed by atoms with Gasteiger partial charge in [0.2, 0.25) is 0 Å². The summed E-state index contributed by atoms with van der Waals surface area (Å²) in [5.74, 6) is -3.93. The molecule has 1 saturated heterocycles. The summed E-state index contributed by atoms with van der Waals surface area (Å²) >= 11 is 5.67. The number of halogens is 3. The maximum absolute atomic E-state index is 13.1. The minimum absolute atomic E-state index is 0.0648. The van der Waals surface area contributed by atoms with E-state index in [-0.39, 0.29) is 28.5 Å². The molecule has 0 aromatic heterocycles. The molecule has 1 aliphatic heterocycles. The van der Waals surface area contributed by atoms with E-state index in [1.807, 2.05) is 0 Å². The zero-order valence-electron chi connectivity index (χ0n) is 9.12. The Morgan fingerprint density at radius 2 is 1.89 bits per heavy atom. The van der Waals surface area contributed by atoms with E-state index in [1.165, 1.54) is 0 Å². The predicted molar refractivity (Wildman–Crippen MR) is 62.5 cm³/mol. The Bertz CT molecular complexity index is 613. The first-order valence-corrected chi connectivity index (χ1v) is 7.39. The summed E-state index contributed by atoms with van der Waals surface area (Å²) in [4.78, 5) is 12.0. The minimum atomic E-state index is -3.21. The van der Waals surface area contributed by atoms with Crippen molar-refractivity contribution in [2.75, 3.05) is 11.5 Å². The molecule has 1 aromatic carbocycles. The number of sulfone groups is 1. The molecular formula is C11H9ClF2O3S. The molecule has 1 fully saturated rings. The summed E-state index contributed by atoms with van der Waals surface area (Å²) in [6, 6.07) is 1.43. The first-order valence-electron chi connectivity index (χ1n) is 5.19. The molecule has 3 nitrogen and oxygen atoms in total. The zero-order chi connectivity index (χ0) is 13.5. The van der Waals surface area contributed by atoms with Gasteiger partial charge in [-0.3, -0.25) is 4.79 Å². The van der Waals surface area contributed by atoms with E-state index < -0.39 is 33.2 Å². The van der Waals surface area contributed by atoms with Gasteiger partial charge in [0.1, 0.15) is 0 Å². The normalized spacial score (nSPS) is 22.1. The molecule has 0 bridgehead atoms. The monoisotopic (exact) mass is 294 g/mol. The standard InChI is InChI=1S/C11H9ClF2O3S/c12-8-4-10(14)9(13)3-7(8)11(15)6-1-2-18(16,17)5-6/h3-4,6H,1-2,5H2. The second kappa shape index (κ2) is 4.59. The molecular weight excluding hydrogens is 286 g/mol. The third-order valence-corrected chi connectivity index (χ3v) is 4.96. The second-order valence-corrected chi connectivity index (χ2v) is 6.85. The van der Waals surface area contributed by atoms with Gasteiger partial charge in [0.05, 0.1) is 16.5 Å². The fraction of sp³-hybridized carbons (Fsp3) is 0.364. The summed E-state index contributed by atoms with van der Waals surface area (Å²) in [6.07, 6.45) is 0.191. The van der Waals surface area contributed by atoms with Crippen molar-refractivity contribution < 1.29 is 22.0 Å². The molecule has 0 aliphatic carbocycles. The molecule has 0 radical (unpaired) electrons. The molecule has 1 aliphatic rings. The van der Waals surface area contributed by atoms with Crippen LogP contribution in [0, 0.1) is 17.6 Å². The van der Waals surface area contributed by atoms with Gasteiger partial charge in [-0.05, 0) is 18.6 Å². The SMILES string of the molecule is O=C(c1cc(F)c(F)cc1Cl)C1CCS(=O)(=O)C1. The molecule has 1 aromatic rings. The Morgan fingerprint density at radius 3 is 2.44 bits per heavy atom. The molecule has 1 atom stereocenters. The highest BCUT2D eigenvalue weighted by Gasteiger charge is 2.34. The van der Waals surface area contributed by atoms with Crippen molar-refractivity contribution in [1.29, 1.82) is 0 Å². The maximum atomic E-state index is 13.1. The molecule has 0 N–H and O–H groups in total. The molecule has 1 heterocycles. The van der Waals surface area contributed by atoms with Gasteiger partial charge in [-0.25, -0.2) is 17.2 Å². The number of hydrogen-bond acceptors (Lipinski definition) is 3. The van der Waals surface area contributed by atoms with Crippen molar-refractivity contribution in [2.45, 2.75) is 6.42 Å². The van der Waals surface area contributed by atoms with E-state index in [9.17, 15) is 22.0 Å². The van der Waals surface area contributed by atoms with Crippen LogP contribution < -0.4 is 0 Å². The van der Waals surface area contributed by atoms with Crippen molar-refractivity contribution >= 4 is 27.2 Å². The first kappa shape index (κ1) is 13.4. The highest BCUT2D eigenvalue weighted by Crippen LogP contribution is 2.27. The van der Waals surface area contributed by atoms with Crippen LogP contribution in [-0.2, 0) is 9.84 Å². The topological polar surface area (TPSA) is 51.2 Å². The number of benzene rings is 1. The third-order valence-electron chi connectivity index (χ3n) is 2.88. The quantitative estimate of drug-likeness (QED) is 0.621. The van der Waals surface area contributed by atoms with Gasteiger partial charge in [0.25, 0.3) is 0 Å². The van der Waals surface area contributed by atoms with E-state index in [0.29, 0.717) is 12.1 Å². The van der Waals surface area contributed by atoms with Crippen molar-refractivity contribution in [3.05, 3.63) is 34.4 Å². The van der Waals surface area contributed by atoms with Gasteiger partial charge in [0.15, 0.2) is 27.3 Å². The lowest BCUT2D eigenvalue weighted by atomic mass is 9.97. The number of carbonyl (C=O) groups is 1. The van der Waals surface area contributed by atoms with E-state index in [4.69, 9.17) is 11.6 Å². The summed E-state index contributed by atoms with van der Waals surface area (Å²) < 4.78 is 48.4. The fourth-order valence-corrected chi connectivity index (χ4v) is 3.92. The summed E-state index contributed by atoms with van der Waals surface area (Å²) in [7, 11) is -3.21. The van der Waals surface area contributed by atoms with E-state index in [0.717, 1.165) is 0 Å². The van der Waals surface area contributed by atoms with Crippen LogP contribution in [0.5, 0.6) is 0 Å². The molecule has 0 spiro atoms. The summed E-state index contributed by atoms with van der Waals surface area (Å²) in [6.45, 7) is 0. The van der Waals surface area contributed by atoms with Crippen molar-refractivity contribution in [2.24, 2.45) is 5.92 Å². The molecule has 18 heavy (non-hydrogen) atoms. The fourth-order valence-electron chi connectivity index (χ4n) is 1.93. The van der Waals surface area contributed by atoms with E-state index in [1.54, 1.807) is 0 Å². The Morgan fingerprint density at radius 1 is 1.28 bits per heavy atom. The Labute approximate surface area is 108 Å². The lowest BCUT2D eigenvalue weighted by Gasteiger charge is -2.08. The first-order chi connectivity index (χ1) is 8.30. The molecule has 7 heteroatoms. The Balaban J connectivity index is 2.33. The molecule has 0 amide bonds. The average Bonchev–Trinajstić information content (AvgIpc) is 2.63. The third kappa shape index (κ3) is 2.54.